The van der Waals surface area contributed by atoms with Gasteiger partial charge in [0.25, 0.3) is 0 Å². The van der Waals surface area contributed by atoms with E-state index in [1.165, 1.54) is 5.56 Å². The lowest BCUT2D eigenvalue weighted by atomic mass is 10.1. The molecule has 2 aromatic rings. The number of hydrogen-bond donors (Lipinski definition) is 1. The van der Waals surface area contributed by atoms with Gasteiger partial charge in [0, 0.05) is 31.4 Å². The molecule has 0 saturated carbocycles. The third kappa shape index (κ3) is 3.60. The highest BCUT2D eigenvalue weighted by Gasteiger charge is 2.25. The molecule has 6 heteroatoms. The minimum Gasteiger partial charge on any atom is -0.378 e. The highest BCUT2D eigenvalue weighted by molar-refractivity contribution is 5.82. The Morgan fingerprint density at radius 3 is 2.80 bits per heavy atom. The number of nitrogens with one attached hydrogen (secondary N) is 1. The second-order valence-corrected chi connectivity index (χ2v) is 6.62. The lowest BCUT2D eigenvalue weighted by molar-refractivity contribution is -0.135. The van der Waals surface area contributed by atoms with Gasteiger partial charge in [0.05, 0.1) is 24.6 Å². The zero-order valence-corrected chi connectivity index (χ0v) is 15.4. The van der Waals surface area contributed by atoms with Crippen LogP contribution in [0.4, 0.5) is 0 Å². The third-order valence-corrected chi connectivity index (χ3v) is 4.78. The lowest BCUT2D eigenvalue weighted by Crippen LogP contribution is -2.51. The molecule has 1 aliphatic rings. The summed E-state index contributed by atoms with van der Waals surface area (Å²) < 4.78 is 7.37. The van der Waals surface area contributed by atoms with Crippen LogP contribution in [-0.2, 0) is 16.1 Å². The van der Waals surface area contributed by atoms with Crippen LogP contribution in [0.25, 0.3) is 5.69 Å². The van der Waals surface area contributed by atoms with Crippen molar-refractivity contribution in [3.8, 4) is 5.69 Å². The fraction of sp³-hybridized carbons (Fsp3) is 0.474. The number of likely N-dealkylation sites (N-methyl/N-ethyl adjacent to an activating group) is 1. The molecule has 1 saturated heterocycles. The van der Waals surface area contributed by atoms with E-state index in [1.54, 1.807) is 4.90 Å². The maximum atomic E-state index is 12.6. The van der Waals surface area contributed by atoms with Crippen LogP contribution in [0.1, 0.15) is 22.5 Å². The van der Waals surface area contributed by atoms with Crippen LogP contribution in [0.3, 0.4) is 0 Å². The van der Waals surface area contributed by atoms with E-state index in [0.29, 0.717) is 26.3 Å². The molecule has 25 heavy (non-hydrogen) atoms. The Bertz CT molecular complexity index is 763. The maximum Gasteiger partial charge on any atom is 0.242 e. The first-order chi connectivity index (χ1) is 12.0. The standard InChI is InChI=1S/C19H26N4O2/c1-13-7-5-6-8-18(13)23-15(3)16(14(2)21-23)11-22(4)19(24)17-12-25-10-9-20-17/h5-8,17,20H,9-12H2,1-4H3/t17-/m0/s1. The average Bonchev–Trinajstić information content (AvgIpc) is 2.90. The first-order valence-electron chi connectivity index (χ1n) is 8.66. The molecule has 1 atom stereocenters. The van der Waals surface area contributed by atoms with Crippen molar-refractivity contribution in [2.45, 2.75) is 33.4 Å². The van der Waals surface area contributed by atoms with E-state index in [-0.39, 0.29) is 11.9 Å². The van der Waals surface area contributed by atoms with Gasteiger partial charge in [0.1, 0.15) is 6.04 Å². The number of hydrogen-bond acceptors (Lipinski definition) is 4. The Labute approximate surface area is 148 Å². The van der Waals surface area contributed by atoms with E-state index in [2.05, 4.69) is 31.3 Å². The minimum absolute atomic E-state index is 0.0575. The summed E-state index contributed by atoms with van der Waals surface area (Å²) in [5.74, 6) is 0.0575. The first-order valence-corrected chi connectivity index (χ1v) is 8.66. The first kappa shape index (κ1) is 17.6. The van der Waals surface area contributed by atoms with E-state index in [4.69, 9.17) is 9.84 Å². The molecule has 6 nitrogen and oxygen atoms in total. The van der Waals surface area contributed by atoms with Crippen LogP contribution in [0, 0.1) is 20.8 Å². The van der Waals surface area contributed by atoms with Crippen molar-refractivity contribution in [1.82, 2.24) is 20.0 Å². The second-order valence-electron chi connectivity index (χ2n) is 6.62. The van der Waals surface area contributed by atoms with E-state index < -0.39 is 0 Å². The monoisotopic (exact) mass is 342 g/mol. The number of carbonyl (C=O) groups excluding carboxylic acids is 1. The molecule has 1 aromatic heterocycles. The zero-order valence-electron chi connectivity index (χ0n) is 15.4. The number of amides is 1. The maximum absolute atomic E-state index is 12.6. The molecule has 1 amide bonds. The molecular formula is C19H26N4O2. The number of aromatic nitrogens is 2. The molecule has 2 heterocycles. The number of para-hydroxylation sites is 1. The number of nitrogens with zero attached hydrogens (tertiary/aromatic N) is 3. The van der Waals surface area contributed by atoms with Gasteiger partial charge in [-0.2, -0.15) is 5.10 Å². The van der Waals surface area contributed by atoms with Crippen molar-refractivity contribution < 1.29 is 9.53 Å². The summed E-state index contributed by atoms with van der Waals surface area (Å²) in [6.07, 6.45) is 0. The van der Waals surface area contributed by atoms with Gasteiger partial charge in [-0.3, -0.25) is 4.79 Å². The van der Waals surface area contributed by atoms with E-state index >= 15 is 0 Å². The van der Waals surface area contributed by atoms with Crippen LogP contribution in [-0.4, -0.2) is 53.4 Å². The lowest BCUT2D eigenvalue weighted by Gasteiger charge is -2.27. The van der Waals surface area contributed by atoms with Crippen molar-refractivity contribution in [3.63, 3.8) is 0 Å². The fourth-order valence-corrected chi connectivity index (χ4v) is 3.24. The highest BCUT2D eigenvalue weighted by Crippen LogP contribution is 2.21. The Balaban J connectivity index is 1.81. The molecule has 1 aliphatic heterocycles. The number of morpholine rings is 1. The van der Waals surface area contributed by atoms with E-state index in [1.807, 2.05) is 30.8 Å². The molecule has 0 unspecified atom stereocenters. The Hall–Kier alpha value is -2.18. The van der Waals surface area contributed by atoms with Gasteiger partial charge in [0.2, 0.25) is 5.91 Å². The molecule has 3 rings (SSSR count). The molecule has 134 valence electrons. The van der Waals surface area contributed by atoms with Crippen molar-refractivity contribution in [2.24, 2.45) is 0 Å². The summed E-state index contributed by atoms with van der Waals surface area (Å²) in [5.41, 5.74) is 5.36. The summed E-state index contributed by atoms with van der Waals surface area (Å²) >= 11 is 0. The van der Waals surface area contributed by atoms with E-state index in [9.17, 15) is 4.79 Å². The molecule has 0 radical (unpaired) electrons. The van der Waals surface area contributed by atoms with Gasteiger partial charge in [-0.15, -0.1) is 0 Å². The summed E-state index contributed by atoms with van der Waals surface area (Å²) in [6.45, 7) is 8.49. The van der Waals surface area contributed by atoms with Gasteiger partial charge in [-0.05, 0) is 32.4 Å². The smallest absolute Gasteiger partial charge is 0.242 e. The molecule has 1 aromatic carbocycles. The van der Waals surface area contributed by atoms with Crippen molar-refractivity contribution in [1.29, 1.82) is 0 Å². The van der Waals surface area contributed by atoms with Crippen LogP contribution in [0.15, 0.2) is 24.3 Å². The Morgan fingerprint density at radius 2 is 2.12 bits per heavy atom. The predicted molar refractivity (Wildman–Crippen MR) is 96.9 cm³/mol. The zero-order chi connectivity index (χ0) is 18.0. The fourth-order valence-electron chi connectivity index (χ4n) is 3.24. The third-order valence-electron chi connectivity index (χ3n) is 4.78. The van der Waals surface area contributed by atoms with Gasteiger partial charge >= 0.3 is 0 Å². The normalized spacial score (nSPS) is 17.5. The number of benzene rings is 1. The number of aryl methyl sites for hydroxylation is 2. The SMILES string of the molecule is Cc1ccccc1-n1nc(C)c(CN(C)C(=O)[C@@H]2COCCN2)c1C. The number of ether oxygens (including phenoxy) is 1. The summed E-state index contributed by atoms with van der Waals surface area (Å²) in [4.78, 5) is 14.4. The molecule has 0 aliphatic carbocycles. The summed E-state index contributed by atoms with van der Waals surface area (Å²) in [7, 11) is 1.84. The number of carbonyl (C=O) groups is 1. The topological polar surface area (TPSA) is 59.4 Å². The van der Waals surface area contributed by atoms with Crippen molar-refractivity contribution in [2.75, 3.05) is 26.8 Å². The molecule has 0 bridgehead atoms. The highest BCUT2D eigenvalue weighted by atomic mass is 16.5. The largest absolute Gasteiger partial charge is 0.378 e. The molecule has 0 spiro atoms. The van der Waals surface area contributed by atoms with Gasteiger partial charge in [-0.25, -0.2) is 4.68 Å². The Kier molecular flexibility index (Phi) is 5.20. The van der Waals surface area contributed by atoms with Crippen LogP contribution in [0.2, 0.25) is 0 Å². The quantitative estimate of drug-likeness (QED) is 0.920. The average molecular weight is 342 g/mol. The summed E-state index contributed by atoms with van der Waals surface area (Å²) in [5, 5.41) is 7.92. The Morgan fingerprint density at radius 1 is 1.36 bits per heavy atom. The molecular weight excluding hydrogens is 316 g/mol. The van der Waals surface area contributed by atoms with Crippen molar-refractivity contribution >= 4 is 5.91 Å². The predicted octanol–water partition coefficient (Wildman–Crippen LogP) is 1.74. The van der Waals surface area contributed by atoms with Crippen LogP contribution < -0.4 is 5.32 Å². The minimum atomic E-state index is -0.259. The van der Waals surface area contributed by atoms with Crippen LogP contribution in [0.5, 0.6) is 0 Å². The van der Waals surface area contributed by atoms with Crippen molar-refractivity contribution in [3.05, 3.63) is 46.8 Å². The van der Waals surface area contributed by atoms with E-state index in [0.717, 1.165) is 22.6 Å². The molecule has 1 fully saturated rings. The number of rotatable bonds is 4. The molecule has 1 N–H and O–H groups in total. The van der Waals surface area contributed by atoms with Gasteiger partial charge in [-0.1, -0.05) is 18.2 Å². The summed E-state index contributed by atoms with van der Waals surface area (Å²) in [6, 6.07) is 7.93. The van der Waals surface area contributed by atoms with Gasteiger partial charge in [0.15, 0.2) is 0 Å². The second kappa shape index (κ2) is 7.37. The van der Waals surface area contributed by atoms with Gasteiger partial charge < -0.3 is 15.0 Å². The van der Waals surface area contributed by atoms with Crippen LogP contribution >= 0.6 is 0 Å².